The summed E-state index contributed by atoms with van der Waals surface area (Å²) in [4.78, 5) is 0. The topological polar surface area (TPSA) is 53.6 Å². The fraction of sp³-hybridized carbons (Fsp3) is 0.286. The minimum absolute atomic E-state index is 0.207. The number of hydrogen-bond donors (Lipinski definition) is 1. The third-order valence-corrected chi connectivity index (χ3v) is 2.72. The Labute approximate surface area is 107 Å². The highest BCUT2D eigenvalue weighted by Crippen LogP contribution is 2.17. The molecule has 92 valence electrons. The van der Waals surface area contributed by atoms with Gasteiger partial charge in [-0.1, -0.05) is 6.07 Å². The second-order valence-corrected chi connectivity index (χ2v) is 4.43. The standard InChI is InChI=1S/C14H16N4/c1-11-4-5-13(9-15)14(8-11)17-12(2)10-18-7-3-6-16-18/h3-8,12,17H,10H2,1-2H3. The molecule has 1 unspecified atom stereocenters. The molecule has 4 nitrogen and oxygen atoms in total. The number of aryl methyl sites for hydroxylation is 1. The van der Waals surface area contributed by atoms with Crippen LogP contribution in [0.4, 0.5) is 5.69 Å². The van der Waals surface area contributed by atoms with Gasteiger partial charge < -0.3 is 5.32 Å². The molecule has 0 aliphatic heterocycles. The summed E-state index contributed by atoms with van der Waals surface area (Å²) in [7, 11) is 0. The molecule has 1 atom stereocenters. The summed E-state index contributed by atoms with van der Waals surface area (Å²) in [6, 6.07) is 10.1. The van der Waals surface area contributed by atoms with Crippen LogP contribution in [0.1, 0.15) is 18.1 Å². The van der Waals surface area contributed by atoms with Gasteiger partial charge in [-0.3, -0.25) is 4.68 Å². The van der Waals surface area contributed by atoms with Crippen LogP contribution in [0.5, 0.6) is 0 Å². The zero-order valence-corrected chi connectivity index (χ0v) is 10.6. The first-order valence-corrected chi connectivity index (χ1v) is 5.94. The van der Waals surface area contributed by atoms with E-state index in [1.165, 1.54) is 0 Å². The van der Waals surface area contributed by atoms with Gasteiger partial charge in [0.1, 0.15) is 6.07 Å². The van der Waals surface area contributed by atoms with Crippen LogP contribution in [0.25, 0.3) is 0 Å². The maximum absolute atomic E-state index is 9.07. The number of aromatic nitrogens is 2. The molecule has 0 aliphatic rings. The normalized spacial score (nSPS) is 11.8. The molecule has 0 spiro atoms. The van der Waals surface area contributed by atoms with Gasteiger partial charge in [-0.25, -0.2) is 0 Å². The lowest BCUT2D eigenvalue weighted by Crippen LogP contribution is -2.22. The number of benzene rings is 1. The van der Waals surface area contributed by atoms with Crippen LogP contribution in [0.2, 0.25) is 0 Å². The van der Waals surface area contributed by atoms with Crippen molar-refractivity contribution in [2.45, 2.75) is 26.4 Å². The Morgan fingerprint density at radius 3 is 3.00 bits per heavy atom. The minimum Gasteiger partial charge on any atom is -0.380 e. The molecule has 1 aromatic carbocycles. The first kappa shape index (κ1) is 12.2. The van der Waals surface area contributed by atoms with Crippen molar-refractivity contribution < 1.29 is 0 Å². The summed E-state index contributed by atoms with van der Waals surface area (Å²) in [5, 5.41) is 16.6. The van der Waals surface area contributed by atoms with Crippen molar-refractivity contribution in [2.75, 3.05) is 5.32 Å². The molecule has 1 N–H and O–H groups in total. The molecular weight excluding hydrogens is 224 g/mol. The Balaban J connectivity index is 2.09. The van der Waals surface area contributed by atoms with E-state index in [0.717, 1.165) is 17.8 Å². The summed E-state index contributed by atoms with van der Waals surface area (Å²) in [6.45, 7) is 4.86. The van der Waals surface area contributed by atoms with Crippen molar-refractivity contribution in [3.8, 4) is 6.07 Å². The highest BCUT2D eigenvalue weighted by atomic mass is 15.3. The third kappa shape index (κ3) is 2.89. The molecule has 0 saturated carbocycles. The monoisotopic (exact) mass is 240 g/mol. The van der Waals surface area contributed by atoms with Crippen molar-refractivity contribution in [1.29, 1.82) is 5.26 Å². The van der Waals surface area contributed by atoms with Crippen LogP contribution in [0, 0.1) is 18.3 Å². The van der Waals surface area contributed by atoms with Crippen LogP contribution in [-0.2, 0) is 6.54 Å². The average molecular weight is 240 g/mol. The molecule has 0 radical (unpaired) electrons. The van der Waals surface area contributed by atoms with Gasteiger partial charge in [0.05, 0.1) is 17.8 Å². The molecule has 1 heterocycles. The Bertz CT molecular complexity index is 552. The van der Waals surface area contributed by atoms with Gasteiger partial charge in [0.15, 0.2) is 0 Å². The highest BCUT2D eigenvalue weighted by Gasteiger charge is 2.07. The fourth-order valence-electron chi connectivity index (χ4n) is 1.88. The molecule has 0 amide bonds. The Morgan fingerprint density at radius 2 is 2.33 bits per heavy atom. The van der Waals surface area contributed by atoms with Gasteiger partial charge in [0.2, 0.25) is 0 Å². The van der Waals surface area contributed by atoms with Gasteiger partial charge in [-0.05, 0) is 37.6 Å². The lowest BCUT2D eigenvalue weighted by molar-refractivity contribution is 0.561. The third-order valence-electron chi connectivity index (χ3n) is 2.72. The number of nitrogens with one attached hydrogen (secondary N) is 1. The molecule has 0 aliphatic carbocycles. The molecule has 1 aromatic heterocycles. The van der Waals surface area contributed by atoms with E-state index in [1.807, 2.05) is 42.1 Å². The number of nitrogens with zero attached hydrogens (tertiary/aromatic N) is 3. The van der Waals surface area contributed by atoms with E-state index in [2.05, 4.69) is 23.4 Å². The zero-order valence-electron chi connectivity index (χ0n) is 10.6. The van der Waals surface area contributed by atoms with Gasteiger partial charge in [-0.15, -0.1) is 0 Å². The molecule has 0 fully saturated rings. The molecule has 0 bridgehead atoms. The van der Waals surface area contributed by atoms with E-state index in [4.69, 9.17) is 5.26 Å². The van der Waals surface area contributed by atoms with Gasteiger partial charge in [0.25, 0.3) is 0 Å². The van der Waals surface area contributed by atoms with E-state index in [0.29, 0.717) is 5.56 Å². The van der Waals surface area contributed by atoms with Crippen LogP contribution in [0.15, 0.2) is 36.7 Å². The quantitative estimate of drug-likeness (QED) is 0.893. The van der Waals surface area contributed by atoms with Crippen molar-refractivity contribution in [2.24, 2.45) is 0 Å². The van der Waals surface area contributed by atoms with E-state index >= 15 is 0 Å². The molecule has 2 aromatic rings. The molecule has 2 rings (SSSR count). The minimum atomic E-state index is 0.207. The predicted molar refractivity (Wildman–Crippen MR) is 71.2 cm³/mol. The van der Waals surface area contributed by atoms with E-state index in [1.54, 1.807) is 6.20 Å². The number of nitriles is 1. The van der Waals surface area contributed by atoms with Gasteiger partial charge >= 0.3 is 0 Å². The first-order valence-electron chi connectivity index (χ1n) is 5.94. The zero-order chi connectivity index (χ0) is 13.0. The fourth-order valence-corrected chi connectivity index (χ4v) is 1.88. The van der Waals surface area contributed by atoms with E-state index in [9.17, 15) is 0 Å². The van der Waals surface area contributed by atoms with Crippen molar-refractivity contribution >= 4 is 5.69 Å². The number of hydrogen-bond acceptors (Lipinski definition) is 3. The predicted octanol–water partition coefficient (Wildman–Crippen LogP) is 2.56. The summed E-state index contributed by atoms with van der Waals surface area (Å²) >= 11 is 0. The maximum atomic E-state index is 9.07. The molecule has 0 saturated heterocycles. The number of rotatable bonds is 4. The maximum Gasteiger partial charge on any atom is 0.101 e. The van der Waals surface area contributed by atoms with Crippen LogP contribution >= 0.6 is 0 Å². The Morgan fingerprint density at radius 1 is 1.50 bits per heavy atom. The summed E-state index contributed by atoms with van der Waals surface area (Å²) in [5.41, 5.74) is 2.70. The van der Waals surface area contributed by atoms with Crippen LogP contribution < -0.4 is 5.32 Å². The summed E-state index contributed by atoms with van der Waals surface area (Å²) < 4.78 is 1.87. The van der Waals surface area contributed by atoms with Crippen LogP contribution in [0.3, 0.4) is 0 Å². The molecule has 4 heteroatoms. The van der Waals surface area contributed by atoms with Crippen molar-refractivity contribution in [3.05, 3.63) is 47.8 Å². The second-order valence-electron chi connectivity index (χ2n) is 4.43. The lowest BCUT2D eigenvalue weighted by Gasteiger charge is -2.16. The number of anilines is 1. The average Bonchev–Trinajstić information content (AvgIpc) is 2.82. The van der Waals surface area contributed by atoms with Gasteiger partial charge in [-0.2, -0.15) is 10.4 Å². The first-order chi connectivity index (χ1) is 8.69. The smallest absolute Gasteiger partial charge is 0.101 e. The van der Waals surface area contributed by atoms with Gasteiger partial charge in [0, 0.05) is 18.4 Å². The van der Waals surface area contributed by atoms with Crippen molar-refractivity contribution in [3.63, 3.8) is 0 Å². The largest absolute Gasteiger partial charge is 0.380 e. The second kappa shape index (κ2) is 5.37. The van der Waals surface area contributed by atoms with E-state index in [-0.39, 0.29) is 6.04 Å². The Hall–Kier alpha value is -2.28. The summed E-state index contributed by atoms with van der Waals surface area (Å²) in [6.07, 6.45) is 3.69. The van der Waals surface area contributed by atoms with Crippen molar-refractivity contribution in [1.82, 2.24) is 9.78 Å². The summed E-state index contributed by atoms with van der Waals surface area (Å²) in [5.74, 6) is 0. The molecular formula is C14H16N4. The Kier molecular flexibility index (Phi) is 3.63. The highest BCUT2D eigenvalue weighted by molar-refractivity contribution is 5.59. The molecule has 18 heavy (non-hydrogen) atoms. The van der Waals surface area contributed by atoms with E-state index < -0.39 is 0 Å². The SMILES string of the molecule is Cc1ccc(C#N)c(NC(C)Cn2cccn2)c1. The lowest BCUT2D eigenvalue weighted by atomic mass is 10.1. The van der Waals surface area contributed by atoms with Crippen LogP contribution in [-0.4, -0.2) is 15.8 Å².